The summed E-state index contributed by atoms with van der Waals surface area (Å²) in [6.07, 6.45) is 1.01. The minimum atomic E-state index is -0.0624. The number of morpholine rings is 1. The first-order valence-corrected chi connectivity index (χ1v) is 11.7. The number of nitrogens with one attached hydrogen (secondary N) is 1. The van der Waals surface area contributed by atoms with Crippen molar-refractivity contribution in [2.24, 2.45) is 0 Å². The predicted octanol–water partition coefficient (Wildman–Crippen LogP) is 4.44. The lowest BCUT2D eigenvalue weighted by Gasteiger charge is -2.27. The predicted molar refractivity (Wildman–Crippen MR) is 125 cm³/mol. The van der Waals surface area contributed by atoms with Crippen LogP contribution in [0.5, 0.6) is 0 Å². The SMILES string of the molecule is CCc1ccc(-c2nc(C)c(C(=O)NCc3ccccc3CN3CCOCC3)s2)cc1. The van der Waals surface area contributed by atoms with Gasteiger partial charge in [0.15, 0.2) is 0 Å². The van der Waals surface area contributed by atoms with Crippen molar-refractivity contribution < 1.29 is 9.53 Å². The Balaban J connectivity index is 1.43. The van der Waals surface area contributed by atoms with Crippen LogP contribution in [0.4, 0.5) is 0 Å². The van der Waals surface area contributed by atoms with Gasteiger partial charge in [-0.1, -0.05) is 55.5 Å². The van der Waals surface area contributed by atoms with Gasteiger partial charge >= 0.3 is 0 Å². The minimum Gasteiger partial charge on any atom is -0.379 e. The third-order valence-corrected chi connectivity index (χ3v) is 6.87. The van der Waals surface area contributed by atoms with Crippen LogP contribution in [-0.2, 0) is 24.2 Å². The summed E-state index contributed by atoms with van der Waals surface area (Å²) in [5.41, 5.74) is 5.53. The molecule has 2 heterocycles. The number of aromatic nitrogens is 1. The molecule has 2 aromatic carbocycles. The largest absolute Gasteiger partial charge is 0.379 e. The third kappa shape index (κ3) is 5.39. The summed E-state index contributed by atoms with van der Waals surface area (Å²) in [7, 11) is 0. The molecule has 0 unspecified atom stereocenters. The van der Waals surface area contributed by atoms with E-state index in [-0.39, 0.29) is 5.91 Å². The molecule has 4 rings (SSSR count). The Bertz CT molecular complexity index is 1020. The first-order chi connectivity index (χ1) is 15.1. The molecule has 3 aromatic rings. The van der Waals surface area contributed by atoms with Crippen LogP contribution in [-0.4, -0.2) is 42.1 Å². The maximum Gasteiger partial charge on any atom is 0.263 e. The van der Waals surface area contributed by atoms with Crippen molar-refractivity contribution in [2.75, 3.05) is 26.3 Å². The zero-order chi connectivity index (χ0) is 21.6. The summed E-state index contributed by atoms with van der Waals surface area (Å²) in [6.45, 7) is 8.90. The number of carbonyl (C=O) groups is 1. The van der Waals surface area contributed by atoms with Crippen molar-refractivity contribution in [2.45, 2.75) is 33.4 Å². The maximum absolute atomic E-state index is 12.9. The molecule has 0 atom stereocenters. The van der Waals surface area contributed by atoms with Gasteiger partial charge in [0.05, 0.1) is 18.9 Å². The number of benzene rings is 2. The van der Waals surface area contributed by atoms with Crippen LogP contribution in [0, 0.1) is 6.92 Å². The van der Waals surface area contributed by atoms with Crippen LogP contribution < -0.4 is 5.32 Å². The Morgan fingerprint density at radius 2 is 1.81 bits per heavy atom. The number of nitrogens with zero attached hydrogens (tertiary/aromatic N) is 2. The zero-order valence-electron chi connectivity index (χ0n) is 18.2. The van der Waals surface area contributed by atoms with E-state index in [4.69, 9.17) is 4.74 Å². The fraction of sp³-hybridized carbons (Fsp3) is 0.360. The summed E-state index contributed by atoms with van der Waals surface area (Å²) in [5, 5.41) is 3.99. The van der Waals surface area contributed by atoms with Crippen LogP contribution >= 0.6 is 11.3 Å². The van der Waals surface area contributed by atoms with Gasteiger partial charge in [-0.15, -0.1) is 11.3 Å². The molecule has 1 fully saturated rings. The lowest BCUT2D eigenvalue weighted by molar-refractivity contribution is 0.0340. The van der Waals surface area contributed by atoms with E-state index >= 15 is 0 Å². The van der Waals surface area contributed by atoms with Crippen LogP contribution in [0.25, 0.3) is 10.6 Å². The highest BCUT2D eigenvalue weighted by Crippen LogP contribution is 2.28. The van der Waals surface area contributed by atoms with Crippen LogP contribution in [0.15, 0.2) is 48.5 Å². The Morgan fingerprint density at radius 3 is 2.52 bits per heavy atom. The molecule has 1 amide bonds. The number of amides is 1. The van der Waals surface area contributed by atoms with Crippen molar-refractivity contribution in [1.29, 1.82) is 0 Å². The molecule has 1 aliphatic rings. The van der Waals surface area contributed by atoms with Crippen molar-refractivity contribution in [1.82, 2.24) is 15.2 Å². The number of rotatable bonds is 7. The van der Waals surface area contributed by atoms with Crippen LogP contribution in [0.3, 0.4) is 0 Å². The highest BCUT2D eigenvalue weighted by atomic mass is 32.1. The zero-order valence-corrected chi connectivity index (χ0v) is 19.0. The fourth-order valence-corrected chi connectivity index (χ4v) is 4.74. The molecule has 0 radical (unpaired) electrons. The van der Waals surface area contributed by atoms with Crippen molar-refractivity contribution in [3.05, 3.63) is 75.8 Å². The number of hydrogen-bond donors (Lipinski definition) is 1. The smallest absolute Gasteiger partial charge is 0.263 e. The van der Waals surface area contributed by atoms with Gasteiger partial charge < -0.3 is 10.1 Å². The van der Waals surface area contributed by atoms with Gasteiger partial charge in [-0.05, 0) is 30.0 Å². The molecule has 1 aromatic heterocycles. The van der Waals surface area contributed by atoms with E-state index in [1.54, 1.807) is 0 Å². The third-order valence-electron chi connectivity index (χ3n) is 5.67. The van der Waals surface area contributed by atoms with Gasteiger partial charge in [0, 0.05) is 31.7 Å². The van der Waals surface area contributed by atoms with E-state index in [1.165, 1.54) is 22.5 Å². The normalized spacial score (nSPS) is 14.5. The molecule has 1 saturated heterocycles. The van der Waals surface area contributed by atoms with E-state index in [9.17, 15) is 4.79 Å². The second-order valence-electron chi connectivity index (χ2n) is 7.82. The Kier molecular flexibility index (Phi) is 7.12. The standard InChI is InChI=1S/C25H29N3O2S/c1-3-19-8-10-20(11-9-19)25-27-18(2)23(31-25)24(29)26-16-21-6-4-5-7-22(21)17-28-12-14-30-15-13-28/h4-11H,3,12-17H2,1-2H3,(H,26,29). The van der Waals surface area contributed by atoms with Crippen LogP contribution in [0.1, 0.15) is 39.0 Å². The number of hydrogen-bond acceptors (Lipinski definition) is 5. The maximum atomic E-state index is 12.9. The second kappa shape index (κ2) is 10.2. The van der Waals surface area contributed by atoms with Crippen molar-refractivity contribution in [3.8, 4) is 10.6 Å². The molecular weight excluding hydrogens is 406 g/mol. The summed E-state index contributed by atoms with van der Waals surface area (Å²) >= 11 is 1.46. The lowest BCUT2D eigenvalue weighted by Crippen LogP contribution is -2.36. The van der Waals surface area contributed by atoms with E-state index in [2.05, 4.69) is 64.6 Å². The number of ether oxygens (including phenoxy) is 1. The van der Waals surface area contributed by atoms with Gasteiger partial charge in [0.2, 0.25) is 0 Å². The fourth-order valence-electron chi connectivity index (χ4n) is 3.75. The van der Waals surface area contributed by atoms with E-state index in [0.717, 1.165) is 61.1 Å². The molecule has 31 heavy (non-hydrogen) atoms. The quantitative estimate of drug-likeness (QED) is 0.596. The van der Waals surface area contributed by atoms with Gasteiger partial charge in [0.1, 0.15) is 9.88 Å². The van der Waals surface area contributed by atoms with E-state index < -0.39 is 0 Å². The molecule has 0 saturated carbocycles. The molecule has 5 nitrogen and oxygen atoms in total. The van der Waals surface area contributed by atoms with Crippen LogP contribution in [0.2, 0.25) is 0 Å². The summed E-state index contributed by atoms with van der Waals surface area (Å²) in [4.78, 5) is 20.6. The summed E-state index contributed by atoms with van der Waals surface area (Å²) in [6, 6.07) is 16.7. The highest BCUT2D eigenvalue weighted by Gasteiger charge is 2.17. The summed E-state index contributed by atoms with van der Waals surface area (Å²) < 4.78 is 5.45. The molecule has 1 aliphatic heterocycles. The first kappa shape index (κ1) is 21.7. The van der Waals surface area contributed by atoms with Gasteiger partial charge in [-0.2, -0.15) is 0 Å². The highest BCUT2D eigenvalue weighted by molar-refractivity contribution is 7.17. The second-order valence-corrected chi connectivity index (χ2v) is 8.82. The Hall–Kier alpha value is -2.54. The molecule has 0 bridgehead atoms. The topological polar surface area (TPSA) is 54.5 Å². The number of thiazole rings is 1. The molecule has 0 spiro atoms. The first-order valence-electron chi connectivity index (χ1n) is 10.9. The lowest BCUT2D eigenvalue weighted by atomic mass is 10.1. The average molecular weight is 436 g/mol. The van der Waals surface area contributed by atoms with Gasteiger partial charge in [-0.3, -0.25) is 9.69 Å². The van der Waals surface area contributed by atoms with Crippen molar-refractivity contribution in [3.63, 3.8) is 0 Å². The van der Waals surface area contributed by atoms with E-state index in [0.29, 0.717) is 11.4 Å². The molecule has 6 heteroatoms. The monoisotopic (exact) mass is 435 g/mol. The molecule has 162 valence electrons. The minimum absolute atomic E-state index is 0.0624. The Morgan fingerprint density at radius 1 is 1.10 bits per heavy atom. The van der Waals surface area contributed by atoms with Crippen molar-refractivity contribution >= 4 is 17.2 Å². The van der Waals surface area contributed by atoms with Gasteiger partial charge in [0.25, 0.3) is 5.91 Å². The Labute approximate surface area is 188 Å². The average Bonchev–Trinajstić information content (AvgIpc) is 3.21. The number of carbonyl (C=O) groups excluding carboxylic acids is 1. The molecular formula is C25H29N3O2S. The summed E-state index contributed by atoms with van der Waals surface area (Å²) in [5.74, 6) is -0.0624. The molecule has 1 N–H and O–H groups in total. The molecule has 0 aliphatic carbocycles. The van der Waals surface area contributed by atoms with Gasteiger partial charge in [-0.25, -0.2) is 4.98 Å². The number of aryl methyl sites for hydroxylation is 2. The van der Waals surface area contributed by atoms with E-state index in [1.807, 2.05) is 13.0 Å².